The predicted octanol–water partition coefficient (Wildman–Crippen LogP) is 4.24. The van der Waals surface area contributed by atoms with Gasteiger partial charge < -0.3 is 15.7 Å². The Balaban J connectivity index is 2.60. The lowest BCUT2D eigenvalue weighted by Gasteiger charge is -2.20. The van der Waals surface area contributed by atoms with Gasteiger partial charge in [0.05, 0.1) is 6.42 Å². The third kappa shape index (κ3) is 7.45. The molecule has 1 aromatic rings. The van der Waals surface area contributed by atoms with Gasteiger partial charge in [0.15, 0.2) is 0 Å². The molecule has 3 N–H and O–H groups in total. The molecule has 0 radical (unpaired) electrons. The van der Waals surface area contributed by atoms with Crippen LogP contribution in [-0.4, -0.2) is 29.6 Å². The molecule has 25 heavy (non-hydrogen) atoms. The van der Waals surface area contributed by atoms with Crippen molar-refractivity contribution in [1.82, 2.24) is 5.32 Å². The van der Waals surface area contributed by atoms with Crippen LogP contribution in [-0.2, 0) is 9.59 Å². The second-order valence-electron chi connectivity index (χ2n) is 6.38. The summed E-state index contributed by atoms with van der Waals surface area (Å²) in [5.74, 6) is -0.921. The topological polar surface area (TPSA) is 78.4 Å². The molecule has 0 aromatic heterocycles. The van der Waals surface area contributed by atoms with Gasteiger partial charge in [-0.15, -0.1) is 0 Å². The van der Waals surface area contributed by atoms with E-state index in [-0.39, 0.29) is 12.3 Å². The lowest BCUT2D eigenvalue weighted by atomic mass is 9.99. The van der Waals surface area contributed by atoms with Gasteiger partial charge >= 0.3 is 5.97 Å². The van der Waals surface area contributed by atoms with Crippen molar-refractivity contribution in [3.05, 3.63) is 28.8 Å². The average Bonchev–Trinajstić information content (AvgIpc) is 2.57. The summed E-state index contributed by atoms with van der Waals surface area (Å²) in [6, 6.07) is 4.35. The van der Waals surface area contributed by atoms with Gasteiger partial charge in [0, 0.05) is 10.7 Å². The number of hydrogen-bond acceptors (Lipinski definition) is 3. The quantitative estimate of drug-likeness (QED) is 0.546. The lowest BCUT2D eigenvalue weighted by molar-refractivity contribution is -0.141. The molecule has 0 aliphatic heterocycles. The molecule has 0 aliphatic rings. The zero-order valence-electron chi connectivity index (χ0n) is 15.3. The molecule has 0 heterocycles. The second kappa shape index (κ2) is 11.1. The highest BCUT2D eigenvalue weighted by Crippen LogP contribution is 2.23. The van der Waals surface area contributed by atoms with Crippen molar-refractivity contribution in [3.8, 4) is 0 Å². The number of benzene rings is 1. The number of aliphatic carboxylic acids is 1. The summed E-state index contributed by atoms with van der Waals surface area (Å²) >= 11 is 6.04. The monoisotopic (exact) mass is 368 g/mol. The molecule has 140 valence electrons. The van der Waals surface area contributed by atoms with Crippen LogP contribution < -0.4 is 10.6 Å². The first kappa shape index (κ1) is 21.5. The number of carboxylic acids is 1. The Kier molecular flexibility index (Phi) is 9.53. The zero-order chi connectivity index (χ0) is 18.8. The second-order valence-corrected chi connectivity index (χ2v) is 6.79. The molecular weight excluding hydrogens is 340 g/mol. The van der Waals surface area contributed by atoms with Crippen LogP contribution >= 0.6 is 11.6 Å². The van der Waals surface area contributed by atoms with Gasteiger partial charge in [-0.2, -0.15) is 0 Å². The number of amides is 1. The highest BCUT2D eigenvalue weighted by Gasteiger charge is 2.22. The van der Waals surface area contributed by atoms with Crippen molar-refractivity contribution in [2.24, 2.45) is 5.92 Å². The Bertz CT molecular complexity index is 578. The fraction of sp³-hybridized carbons (Fsp3) is 0.579. The van der Waals surface area contributed by atoms with E-state index >= 15 is 0 Å². The summed E-state index contributed by atoms with van der Waals surface area (Å²) in [7, 11) is 0. The smallest absolute Gasteiger partial charge is 0.321 e. The SMILES string of the molecule is CCCCC(CC)CNC(CC(=O)Nc1cccc(Cl)c1C)C(=O)O. The molecule has 0 aliphatic carbocycles. The molecule has 0 bridgehead atoms. The molecular formula is C19H29ClN2O3. The first-order valence-corrected chi connectivity index (χ1v) is 9.27. The minimum absolute atomic E-state index is 0.120. The Labute approximate surface area is 155 Å². The third-order valence-corrected chi connectivity index (χ3v) is 4.84. The molecule has 1 amide bonds. The molecule has 0 saturated heterocycles. The number of carboxylic acid groups (broad SMARTS) is 1. The van der Waals surface area contributed by atoms with E-state index in [2.05, 4.69) is 24.5 Å². The number of anilines is 1. The number of carbonyl (C=O) groups excluding carboxylic acids is 1. The number of unbranched alkanes of at least 4 members (excludes halogenated alkanes) is 1. The number of rotatable bonds is 11. The molecule has 5 nitrogen and oxygen atoms in total. The van der Waals surface area contributed by atoms with Crippen LogP contribution in [0.2, 0.25) is 5.02 Å². The van der Waals surface area contributed by atoms with Crippen LogP contribution in [0.5, 0.6) is 0 Å². The number of carbonyl (C=O) groups is 2. The molecule has 0 spiro atoms. The van der Waals surface area contributed by atoms with Gasteiger partial charge in [-0.25, -0.2) is 0 Å². The highest BCUT2D eigenvalue weighted by atomic mass is 35.5. The van der Waals surface area contributed by atoms with Crippen LogP contribution in [0.3, 0.4) is 0 Å². The van der Waals surface area contributed by atoms with E-state index in [0.717, 1.165) is 31.2 Å². The largest absolute Gasteiger partial charge is 0.480 e. The first-order valence-electron chi connectivity index (χ1n) is 8.90. The molecule has 1 rings (SSSR count). The zero-order valence-corrected chi connectivity index (χ0v) is 16.0. The molecule has 2 atom stereocenters. The number of nitrogens with one attached hydrogen (secondary N) is 2. The molecule has 2 unspecified atom stereocenters. The highest BCUT2D eigenvalue weighted by molar-refractivity contribution is 6.31. The van der Waals surface area contributed by atoms with E-state index in [9.17, 15) is 14.7 Å². The summed E-state index contributed by atoms with van der Waals surface area (Å²) in [5, 5.41) is 15.7. The minimum Gasteiger partial charge on any atom is -0.480 e. The average molecular weight is 369 g/mol. The van der Waals surface area contributed by atoms with E-state index in [4.69, 9.17) is 11.6 Å². The van der Waals surface area contributed by atoms with Gasteiger partial charge in [-0.05, 0) is 43.5 Å². The van der Waals surface area contributed by atoms with Gasteiger partial charge in [0.25, 0.3) is 0 Å². The molecule has 6 heteroatoms. The number of hydrogen-bond donors (Lipinski definition) is 3. The van der Waals surface area contributed by atoms with Crippen LogP contribution in [0, 0.1) is 12.8 Å². The summed E-state index contributed by atoms with van der Waals surface area (Å²) in [6.45, 7) is 6.66. The van der Waals surface area contributed by atoms with E-state index in [1.807, 2.05) is 6.92 Å². The van der Waals surface area contributed by atoms with E-state index in [1.54, 1.807) is 18.2 Å². The van der Waals surface area contributed by atoms with Crippen molar-refractivity contribution in [3.63, 3.8) is 0 Å². The van der Waals surface area contributed by atoms with Crippen molar-refractivity contribution >= 4 is 29.2 Å². The Morgan fingerprint density at radius 3 is 2.60 bits per heavy atom. The number of halogens is 1. The van der Waals surface area contributed by atoms with E-state index in [1.165, 1.54) is 0 Å². The standard InChI is InChI=1S/C19H29ClN2O3/c1-4-6-8-14(5-2)12-21-17(19(24)25)11-18(23)22-16-10-7-9-15(20)13(16)3/h7,9-10,14,17,21H,4-6,8,11-12H2,1-3H3,(H,22,23)(H,24,25). The van der Waals surface area contributed by atoms with Gasteiger partial charge in [0.2, 0.25) is 5.91 Å². The van der Waals surface area contributed by atoms with Gasteiger partial charge in [0.1, 0.15) is 6.04 Å². The normalized spacial score (nSPS) is 13.3. The predicted molar refractivity (Wildman–Crippen MR) is 102 cm³/mol. The van der Waals surface area contributed by atoms with Crippen LogP contribution in [0.4, 0.5) is 5.69 Å². The molecule has 0 fully saturated rings. The van der Waals surface area contributed by atoms with Crippen LogP contribution in [0.25, 0.3) is 0 Å². The maximum Gasteiger partial charge on any atom is 0.321 e. The van der Waals surface area contributed by atoms with Crippen molar-refractivity contribution in [1.29, 1.82) is 0 Å². The summed E-state index contributed by atoms with van der Waals surface area (Å²) in [5.41, 5.74) is 1.37. The summed E-state index contributed by atoms with van der Waals surface area (Å²) in [4.78, 5) is 23.7. The fourth-order valence-corrected chi connectivity index (χ4v) is 2.80. The van der Waals surface area contributed by atoms with E-state index in [0.29, 0.717) is 23.2 Å². The lowest BCUT2D eigenvalue weighted by Crippen LogP contribution is -2.42. The molecule has 1 aromatic carbocycles. The summed E-state index contributed by atoms with van der Waals surface area (Å²) in [6.07, 6.45) is 4.20. The van der Waals surface area contributed by atoms with E-state index < -0.39 is 12.0 Å². The van der Waals surface area contributed by atoms with Crippen LogP contribution in [0.15, 0.2) is 18.2 Å². The Morgan fingerprint density at radius 2 is 2.00 bits per heavy atom. The van der Waals surface area contributed by atoms with Gasteiger partial charge in [-0.1, -0.05) is 50.8 Å². The maximum absolute atomic E-state index is 12.2. The first-order chi connectivity index (χ1) is 11.9. The molecule has 0 saturated carbocycles. The third-order valence-electron chi connectivity index (χ3n) is 4.43. The minimum atomic E-state index is -1.01. The summed E-state index contributed by atoms with van der Waals surface area (Å²) < 4.78 is 0. The maximum atomic E-state index is 12.2. The van der Waals surface area contributed by atoms with Gasteiger partial charge in [-0.3, -0.25) is 9.59 Å². The van der Waals surface area contributed by atoms with Crippen LogP contribution in [0.1, 0.15) is 51.5 Å². The van der Waals surface area contributed by atoms with Crippen molar-refractivity contribution in [2.45, 2.75) is 58.9 Å². The fourth-order valence-electron chi connectivity index (χ4n) is 2.63. The Morgan fingerprint density at radius 1 is 1.28 bits per heavy atom. The van der Waals surface area contributed by atoms with Crippen molar-refractivity contribution in [2.75, 3.05) is 11.9 Å². The Hall–Kier alpha value is -1.59. The van der Waals surface area contributed by atoms with Crippen molar-refractivity contribution < 1.29 is 14.7 Å².